The summed E-state index contributed by atoms with van der Waals surface area (Å²) in [7, 11) is 0. The lowest BCUT2D eigenvalue weighted by molar-refractivity contribution is -0.139. The van der Waals surface area contributed by atoms with Gasteiger partial charge in [0, 0.05) is 12.5 Å². The second-order valence-electron chi connectivity index (χ2n) is 2.50. The van der Waals surface area contributed by atoms with Gasteiger partial charge in [-0.15, -0.1) is 0 Å². The first kappa shape index (κ1) is 10.1. The number of aliphatic hydroxyl groups excluding tert-OH is 1. The van der Waals surface area contributed by atoms with Gasteiger partial charge in [0.2, 0.25) is 5.78 Å². The van der Waals surface area contributed by atoms with E-state index in [2.05, 4.69) is 5.32 Å². The molecule has 2 N–H and O–H groups in total. The van der Waals surface area contributed by atoms with Gasteiger partial charge < -0.3 is 10.4 Å². The summed E-state index contributed by atoms with van der Waals surface area (Å²) in [5.41, 5.74) is 0. The molecule has 4 nitrogen and oxygen atoms in total. The molecule has 0 spiro atoms. The molecular formula is C7H13NO3. The van der Waals surface area contributed by atoms with Gasteiger partial charge in [-0.1, -0.05) is 13.8 Å². The maximum absolute atomic E-state index is 10.9. The highest BCUT2D eigenvalue weighted by Crippen LogP contribution is 1.92. The lowest BCUT2D eigenvalue weighted by Gasteiger charge is -2.03. The maximum Gasteiger partial charge on any atom is 0.287 e. The quantitative estimate of drug-likeness (QED) is 0.534. The van der Waals surface area contributed by atoms with E-state index in [1.807, 2.05) is 0 Å². The van der Waals surface area contributed by atoms with Crippen LogP contribution in [-0.4, -0.2) is 29.9 Å². The number of nitrogens with one attached hydrogen (secondary N) is 1. The van der Waals surface area contributed by atoms with Crippen molar-refractivity contribution in [1.82, 2.24) is 5.32 Å². The summed E-state index contributed by atoms with van der Waals surface area (Å²) in [5.74, 6) is -1.35. The van der Waals surface area contributed by atoms with Crippen molar-refractivity contribution in [3.63, 3.8) is 0 Å². The molecule has 11 heavy (non-hydrogen) atoms. The number of carbonyl (C=O) groups is 2. The van der Waals surface area contributed by atoms with Crippen LogP contribution >= 0.6 is 0 Å². The van der Waals surface area contributed by atoms with Crippen molar-refractivity contribution in [1.29, 1.82) is 0 Å². The summed E-state index contributed by atoms with van der Waals surface area (Å²) in [5, 5.41) is 10.6. The third kappa shape index (κ3) is 3.72. The number of aliphatic hydroxyl groups is 1. The van der Waals surface area contributed by atoms with E-state index in [0.29, 0.717) is 0 Å². The van der Waals surface area contributed by atoms with Crippen LogP contribution in [0, 0.1) is 5.92 Å². The zero-order valence-corrected chi connectivity index (χ0v) is 6.76. The number of rotatable bonds is 4. The molecule has 0 fully saturated rings. The van der Waals surface area contributed by atoms with E-state index in [9.17, 15) is 9.59 Å². The fourth-order valence-electron chi connectivity index (χ4n) is 0.519. The zero-order valence-electron chi connectivity index (χ0n) is 6.76. The van der Waals surface area contributed by atoms with Gasteiger partial charge in [-0.3, -0.25) is 9.59 Å². The van der Waals surface area contributed by atoms with Crippen molar-refractivity contribution in [2.24, 2.45) is 5.92 Å². The molecule has 0 radical (unpaired) electrons. The molecule has 0 saturated carbocycles. The Morgan fingerprint density at radius 2 is 2.00 bits per heavy atom. The van der Waals surface area contributed by atoms with Crippen LogP contribution in [0.25, 0.3) is 0 Å². The SMILES string of the molecule is CC(C)C(=O)C(=O)NCCO. The minimum Gasteiger partial charge on any atom is -0.395 e. The van der Waals surface area contributed by atoms with Gasteiger partial charge in [-0.25, -0.2) is 0 Å². The Labute approximate surface area is 65.6 Å². The monoisotopic (exact) mass is 159 g/mol. The first-order chi connectivity index (χ1) is 5.09. The number of ketones is 1. The molecule has 4 heteroatoms. The van der Waals surface area contributed by atoms with E-state index in [0.717, 1.165) is 0 Å². The summed E-state index contributed by atoms with van der Waals surface area (Å²) in [6, 6.07) is 0. The molecular weight excluding hydrogens is 146 g/mol. The smallest absolute Gasteiger partial charge is 0.287 e. The lowest BCUT2D eigenvalue weighted by Crippen LogP contribution is -2.35. The molecule has 0 unspecified atom stereocenters. The van der Waals surface area contributed by atoms with E-state index in [1.54, 1.807) is 13.8 Å². The summed E-state index contributed by atoms with van der Waals surface area (Å²) in [6.45, 7) is 3.30. The number of amides is 1. The normalized spacial score (nSPS) is 9.82. The Morgan fingerprint density at radius 3 is 2.36 bits per heavy atom. The van der Waals surface area contributed by atoms with Crippen molar-refractivity contribution in [2.45, 2.75) is 13.8 Å². The van der Waals surface area contributed by atoms with E-state index in [-0.39, 0.29) is 19.1 Å². The highest BCUT2D eigenvalue weighted by Gasteiger charge is 2.15. The van der Waals surface area contributed by atoms with Gasteiger partial charge in [0.25, 0.3) is 5.91 Å². The standard InChI is InChI=1S/C7H13NO3/c1-5(2)6(10)7(11)8-3-4-9/h5,9H,3-4H2,1-2H3,(H,8,11). The summed E-state index contributed by atoms with van der Waals surface area (Å²) in [4.78, 5) is 21.6. The molecule has 0 atom stereocenters. The van der Waals surface area contributed by atoms with Gasteiger partial charge in [0.15, 0.2) is 0 Å². The van der Waals surface area contributed by atoms with Crippen LogP contribution in [0.3, 0.4) is 0 Å². The minimum absolute atomic E-state index is 0.136. The van der Waals surface area contributed by atoms with E-state index < -0.39 is 11.7 Å². The largest absolute Gasteiger partial charge is 0.395 e. The predicted molar refractivity (Wildman–Crippen MR) is 39.9 cm³/mol. The molecule has 0 rings (SSSR count). The molecule has 64 valence electrons. The zero-order chi connectivity index (χ0) is 8.85. The Kier molecular flexibility index (Phi) is 4.45. The van der Waals surface area contributed by atoms with Gasteiger partial charge in [0.1, 0.15) is 0 Å². The third-order valence-electron chi connectivity index (χ3n) is 1.15. The first-order valence-corrected chi connectivity index (χ1v) is 3.52. The topological polar surface area (TPSA) is 66.4 Å². The highest BCUT2D eigenvalue weighted by molar-refractivity contribution is 6.36. The lowest BCUT2D eigenvalue weighted by atomic mass is 10.1. The summed E-state index contributed by atoms with van der Waals surface area (Å²) < 4.78 is 0. The van der Waals surface area contributed by atoms with Crippen LogP contribution in [0.5, 0.6) is 0 Å². The number of Topliss-reactive ketones (excluding diaryl/α,β-unsaturated/α-hetero) is 1. The Hall–Kier alpha value is -0.900. The van der Waals surface area contributed by atoms with Gasteiger partial charge >= 0.3 is 0 Å². The molecule has 0 aliphatic carbocycles. The second kappa shape index (κ2) is 4.85. The van der Waals surface area contributed by atoms with Crippen molar-refractivity contribution in [2.75, 3.05) is 13.2 Å². The van der Waals surface area contributed by atoms with Crippen molar-refractivity contribution in [3.05, 3.63) is 0 Å². The predicted octanol–water partition coefficient (Wildman–Crippen LogP) is -0.680. The fraction of sp³-hybridized carbons (Fsp3) is 0.714. The Bertz CT molecular complexity index is 154. The molecule has 0 heterocycles. The molecule has 0 aliphatic rings. The number of hydrogen-bond donors (Lipinski definition) is 2. The summed E-state index contributed by atoms with van der Waals surface area (Å²) in [6.07, 6.45) is 0. The van der Waals surface area contributed by atoms with Gasteiger partial charge in [-0.05, 0) is 0 Å². The molecule has 0 aromatic heterocycles. The molecule has 0 bridgehead atoms. The van der Waals surface area contributed by atoms with Crippen LogP contribution in [0.4, 0.5) is 0 Å². The van der Waals surface area contributed by atoms with Crippen molar-refractivity contribution < 1.29 is 14.7 Å². The van der Waals surface area contributed by atoms with Crippen molar-refractivity contribution >= 4 is 11.7 Å². The molecule has 0 saturated heterocycles. The van der Waals surface area contributed by atoms with Crippen LogP contribution in [0.15, 0.2) is 0 Å². The molecule has 0 aliphatic heterocycles. The number of carbonyl (C=O) groups excluding carboxylic acids is 2. The molecule has 0 aromatic carbocycles. The maximum atomic E-state index is 10.9. The third-order valence-corrected chi connectivity index (χ3v) is 1.15. The van der Waals surface area contributed by atoms with E-state index >= 15 is 0 Å². The Morgan fingerprint density at radius 1 is 1.45 bits per heavy atom. The Balaban J connectivity index is 3.75. The minimum atomic E-state index is -0.617. The van der Waals surface area contributed by atoms with Crippen LogP contribution in [0.1, 0.15) is 13.8 Å². The fourth-order valence-corrected chi connectivity index (χ4v) is 0.519. The van der Waals surface area contributed by atoms with Crippen LogP contribution in [-0.2, 0) is 9.59 Å². The van der Waals surface area contributed by atoms with Crippen LogP contribution < -0.4 is 5.32 Å². The van der Waals surface area contributed by atoms with Crippen LogP contribution in [0.2, 0.25) is 0 Å². The second-order valence-corrected chi connectivity index (χ2v) is 2.50. The van der Waals surface area contributed by atoms with Gasteiger partial charge in [-0.2, -0.15) is 0 Å². The highest BCUT2D eigenvalue weighted by atomic mass is 16.3. The molecule has 0 aromatic rings. The van der Waals surface area contributed by atoms with Crippen molar-refractivity contribution in [3.8, 4) is 0 Å². The average molecular weight is 159 g/mol. The molecule has 1 amide bonds. The van der Waals surface area contributed by atoms with E-state index in [4.69, 9.17) is 5.11 Å². The van der Waals surface area contributed by atoms with Gasteiger partial charge in [0.05, 0.1) is 6.61 Å². The summed E-state index contributed by atoms with van der Waals surface area (Å²) >= 11 is 0. The van der Waals surface area contributed by atoms with E-state index in [1.165, 1.54) is 0 Å². The average Bonchev–Trinajstić information content (AvgIpc) is 1.98. The first-order valence-electron chi connectivity index (χ1n) is 3.52. The number of hydrogen-bond acceptors (Lipinski definition) is 3.